The van der Waals surface area contributed by atoms with E-state index in [4.69, 9.17) is 4.74 Å². The molecule has 0 saturated heterocycles. The SMILES string of the molecule is CC(C)(C)[C@H](NC(=O)n1nc(-c2ccc(F)c(F)c2)c2c1CCOC2)C(=O)O. The Kier molecular flexibility index (Phi) is 5.20. The first-order chi connectivity index (χ1) is 13.1. The van der Waals surface area contributed by atoms with Crippen molar-refractivity contribution in [3.63, 3.8) is 0 Å². The lowest BCUT2D eigenvalue weighted by molar-refractivity contribution is -0.141. The van der Waals surface area contributed by atoms with Crippen molar-refractivity contribution in [2.45, 2.75) is 39.8 Å². The third kappa shape index (κ3) is 3.75. The summed E-state index contributed by atoms with van der Waals surface area (Å²) < 4.78 is 33.5. The minimum absolute atomic E-state index is 0.165. The number of hydrogen-bond acceptors (Lipinski definition) is 4. The quantitative estimate of drug-likeness (QED) is 0.836. The smallest absolute Gasteiger partial charge is 0.343 e. The number of nitrogens with one attached hydrogen (secondary N) is 1. The van der Waals surface area contributed by atoms with Crippen molar-refractivity contribution < 1.29 is 28.2 Å². The highest BCUT2D eigenvalue weighted by Gasteiger charge is 2.34. The van der Waals surface area contributed by atoms with E-state index >= 15 is 0 Å². The average molecular weight is 393 g/mol. The summed E-state index contributed by atoms with van der Waals surface area (Å²) in [6, 6.07) is 1.53. The van der Waals surface area contributed by atoms with Gasteiger partial charge in [0.15, 0.2) is 11.6 Å². The number of halogens is 2. The van der Waals surface area contributed by atoms with Crippen LogP contribution < -0.4 is 5.32 Å². The number of carbonyl (C=O) groups is 2. The third-order valence-electron chi connectivity index (χ3n) is 4.59. The van der Waals surface area contributed by atoms with Crippen molar-refractivity contribution in [1.82, 2.24) is 15.1 Å². The number of nitrogens with zero attached hydrogens (tertiary/aromatic N) is 2. The van der Waals surface area contributed by atoms with Gasteiger partial charge in [0, 0.05) is 17.5 Å². The topological polar surface area (TPSA) is 93.5 Å². The number of ether oxygens (including phenoxy) is 1. The highest BCUT2D eigenvalue weighted by atomic mass is 19.2. The van der Waals surface area contributed by atoms with E-state index in [9.17, 15) is 23.5 Å². The van der Waals surface area contributed by atoms with E-state index in [0.717, 1.165) is 16.8 Å². The Balaban J connectivity index is 2.02. The molecular weight excluding hydrogens is 372 g/mol. The second-order valence-corrected chi connectivity index (χ2v) is 7.70. The van der Waals surface area contributed by atoms with E-state index in [-0.39, 0.29) is 6.61 Å². The monoisotopic (exact) mass is 393 g/mol. The number of amides is 1. The molecule has 1 aromatic heterocycles. The number of rotatable bonds is 3. The highest BCUT2D eigenvalue weighted by Crippen LogP contribution is 2.30. The van der Waals surface area contributed by atoms with E-state index in [1.54, 1.807) is 20.8 Å². The number of aromatic nitrogens is 2. The van der Waals surface area contributed by atoms with Crippen molar-refractivity contribution >= 4 is 12.0 Å². The van der Waals surface area contributed by atoms with Gasteiger partial charge in [-0.2, -0.15) is 9.78 Å². The highest BCUT2D eigenvalue weighted by molar-refractivity contribution is 5.85. The summed E-state index contributed by atoms with van der Waals surface area (Å²) in [7, 11) is 0. The van der Waals surface area contributed by atoms with Crippen molar-refractivity contribution in [3.05, 3.63) is 41.1 Å². The lowest BCUT2D eigenvalue weighted by Crippen LogP contribution is -2.50. The second kappa shape index (κ2) is 7.31. The summed E-state index contributed by atoms with van der Waals surface area (Å²) in [4.78, 5) is 24.4. The summed E-state index contributed by atoms with van der Waals surface area (Å²) >= 11 is 0. The molecule has 0 radical (unpaired) electrons. The molecule has 1 atom stereocenters. The van der Waals surface area contributed by atoms with Gasteiger partial charge < -0.3 is 15.2 Å². The number of benzene rings is 1. The van der Waals surface area contributed by atoms with Crippen LogP contribution in [0, 0.1) is 17.0 Å². The van der Waals surface area contributed by atoms with Gasteiger partial charge in [-0.1, -0.05) is 20.8 Å². The number of aliphatic carboxylic acids is 1. The molecule has 1 amide bonds. The van der Waals surface area contributed by atoms with Crippen LogP contribution in [-0.4, -0.2) is 39.5 Å². The van der Waals surface area contributed by atoms with Gasteiger partial charge in [0.1, 0.15) is 6.04 Å². The van der Waals surface area contributed by atoms with Crippen LogP contribution in [0.15, 0.2) is 18.2 Å². The molecule has 28 heavy (non-hydrogen) atoms. The Bertz CT molecular complexity index is 934. The van der Waals surface area contributed by atoms with Crippen LogP contribution in [0.3, 0.4) is 0 Å². The van der Waals surface area contributed by atoms with E-state index in [1.807, 2.05) is 0 Å². The van der Waals surface area contributed by atoms with Crippen LogP contribution in [0.1, 0.15) is 32.0 Å². The Morgan fingerprint density at radius 1 is 1.29 bits per heavy atom. The molecule has 150 valence electrons. The molecule has 0 saturated carbocycles. The number of hydrogen-bond donors (Lipinski definition) is 2. The summed E-state index contributed by atoms with van der Waals surface area (Å²) in [5, 5.41) is 16.2. The standard InChI is InChI=1S/C19H21F2N3O4/c1-19(2,3)16(17(25)26)22-18(27)24-14-6-7-28-9-11(14)15(23-24)10-4-5-12(20)13(21)8-10/h4-5,8,16H,6-7,9H2,1-3H3,(H,22,27)(H,25,26)/t16-/m1/s1. The minimum Gasteiger partial charge on any atom is -0.480 e. The first-order valence-electron chi connectivity index (χ1n) is 8.77. The van der Waals surface area contributed by atoms with Gasteiger partial charge in [-0.25, -0.2) is 18.4 Å². The van der Waals surface area contributed by atoms with Crippen LogP contribution >= 0.6 is 0 Å². The molecule has 0 aliphatic carbocycles. The van der Waals surface area contributed by atoms with E-state index in [1.165, 1.54) is 6.07 Å². The summed E-state index contributed by atoms with van der Waals surface area (Å²) in [5.41, 5.74) is 1.03. The maximum atomic E-state index is 13.7. The number of carboxylic acids is 1. The molecule has 1 aromatic carbocycles. The Morgan fingerprint density at radius 2 is 2.00 bits per heavy atom. The lowest BCUT2D eigenvalue weighted by atomic mass is 9.87. The molecule has 0 spiro atoms. The van der Waals surface area contributed by atoms with Gasteiger partial charge >= 0.3 is 12.0 Å². The van der Waals surface area contributed by atoms with Crippen molar-refractivity contribution in [1.29, 1.82) is 0 Å². The molecule has 1 aliphatic rings. The maximum Gasteiger partial charge on any atom is 0.343 e. The number of fused-ring (bicyclic) bond motifs is 1. The Labute approximate surface area is 160 Å². The Hall–Kier alpha value is -2.81. The van der Waals surface area contributed by atoms with Gasteiger partial charge in [-0.3, -0.25) is 0 Å². The average Bonchev–Trinajstić information content (AvgIpc) is 3.00. The van der Waals surface area contributed by atoms with Crippen LogP contribution in [-0.2, 0) is 22.6 Å². The van der Waals surface area contributed by atoms with Crippen LogP contribution in [0.5, 0.6) is 0 Å². The maximum absolute atomic E-state index is 13.7. The van der Waals surface area contributed by atoms with Gasteiger partial charge in [-0.05, 0) is 23.6 Å². The second-order valence-electron chi connectivity index (χ2n) is 7.70. The minimum atomic E-state index is -1.16. The van der Waals surface area contributed by atoms with Gasteiger partial charge in [0.05, 0.1) is 24.6 Å². The number of carbonyl (C=O) groups excluding carboxylic acids is 1. The van der Waals surface area contributed by atoms with Gasteiger partial charge in [0.2, 0.25) is 0 Å². The zero-order valence-corrected chi connectivity index (χ0v) is 15.8. The first-order valence-corrected chi connectivity index (χ1v) is 8.77. The van der Waals surface area contributed by atoms with Gasteiger partial charge in [0.25, 0.3) is 0 Å². The molecule has 3 rings (SSSR count). The van der Waals surface area contributed by atoms with Crippen molar-refractivity contribution in [2.75, 3.05) is 6.61 Å². The largest absolute Gasteiger partial charge is 0.480 e. The van der Waals surface area contributed by atoms with Crippen LogP contribution in [0.4, 0.5) is 13.6 Å². The van der Waals surface area contributed by atoms with Crippen LogP contribution in [0.2, 0.25) is 0 Å². The summed E-state index contributed by atoms with van der Waals surface area (Å²) in [5.74, 6) is -3.17. The summed E-state index contributed by atoms with van der Waals surface area (Å²) in [6.07, 6.45) is 0.382. The number of carboxylic acid groups (broad SMARTS) is 1. The van der Waals surface area contributed by atoms with Gasteiger partial charge in [-0.15, -0.1) is 0 Å². The van der Waals surface area contributed by atoms with Crippen molar-refractivity contribution in [3.8, 4) is 11.3 Å². The molecule has 2 aromatic rings. The normalized spacial score (nSPS) is 15.0. The molecule has 7 nitrogen and oxygen atoms in total. The zero-order chi connectivity index (χ0) is 20.6. The molecule has 2 heterocycles. The summed E-state index contributed by atoms with van der Waals surface area (Å²) in [6.45, 7) is 5.63. The molecule has 9 heteroatoms. The lowest BCUT2D eigenvalue weighted by Gasteiger charge is -2.27. The fourth-order valence-corrected chi connectivity index (χ4v) is 3.11. The van der Waals surface area contributed by atoms with E-state index in [0.29, 0.717) is 35.5 Å². The zero-order valence-electron chi connectivity index (χ0n) is 15.8. The molecule has 2 N–H and O–H groups in total. The molecular formula is C19H21F2N3O4. The predicted octanol–water partition coefficient (Wildman–Crippen LogP) is 2.96. The molecule has 0 fully saturated rings. The molecule has 0 unspecified atom stereocenters. The third-order valence-corrected chi connectivity index (χ3v) is 4.59. The fourth-order valence-electron chi connectivity index (χ4n) is 3.11. The van der Waals surface area contributed by atoms with E-state index < -0.39 is 35.1 Å². The van der Waals surface area contributed by atoms with E-state index in [2.05, 4.69) is 10.4 Å². The van der Waals surface area contributed by atoms with Crippen LogP contribution in [0.25, 0.3) is 11.3 Å². The molecule has 1 aliphatic heterocycles. The first kappa shape index (κ1) is 19.9. The molecule has 0 bridgehead atoms. The van der Waals surface area contributed by atoms with Crippen molar-refractivity contribution in [2.24, 2.45) is 5.41 Å². The predicted molar refractivity (Wildman–Crippen MR) is 95.7 cm³/mol. The fraction of sp³-hybridized carbons (Fsp3) is 0.421. The Morgan fingerprint density at radius 3 is 2.61 bits per heavy atom.